The lowest BCUT2D eigenvalue weighted by molar-refractivity contribution is -0.140. The summed E-state index contributed by atoms with van der Waals surface area (Å²) in [6.45, 7) is 3.99. The van der Waals surface area contributed by atoms with Gasteiger partial charge in [-0.2, -0.15) is 0 Å². The Morgan fingerprint density at radius 3 is 2.20 bits per heavy atom. The Morgan fingerprint density at radius 1 is 1.15 bits per heavy atom. The van der Waals surface area contributed by atoms with Crippen LogP contribution in [0.1, 0.15) is 61.3 Å². The second kappa shape index (κ2) is 6.89. The summed E-state index contributed by atoms with van der Waals surface area (Å²) in [6, 6.07) is 5.72. The third kappa shape index (κ3) is 3.60. The highest BCUT2D eigenvalue weighted by Crippen LogP contribution is 2.25. The second-order valence-electron chi connectivity index (χ2n) is 5.93. The van der Waals surface area contributed by atoms with Gasteiger partial charge in [-0.15, -0.1) is 0 Å². The number of aliphatic carboxylic acids is 1. The number of carboxylic acid groups (broad SMARTS) is 1. The predicted octanol–water partition coefficient (Wildman–Crippen LogP) is 3.74. The van der Waals surface area contributed by atoms with Gasteiger partial charge in [-0.3, -0.25) is 10.1 Å². The highest BCUT2D eigenvalue weighted by atomic mass is 16.4. The van der Waals surface area contributed by atoms with Crippen LogP contribution in [0.15, 0.2) is 18.2 Å². The molecular formula is C17H25NO2. The van der Waals surface area contributed by atoms with Crippen molar-refractivity contribution in [3.8, 4) is 0 Å². The molecule has 3 heteroatoms. The van der Waals surface area contributed by atoms with Crippen molar-refractivity contribution < 1.29 is 9.90 Å². The molecule has 110 valence electrons. The molecule has 1 aliphatic carbocycles. The lowest BCUT2D eigenvalue weighted by atomic mass is 9.94. The van der Waals surface area contributed by atoms with E-state index >= 15 is 0 Å². The minimum Gasteiger partial charge on any atom is -0.480 e. The summed E-state index contributed by atoms with van der Waals surface area (Å²) >= 11 is 0. The summed E-state index contributed by atoms with van der Waals surface area (Å²) in [4.78, 5) is 11.7. The molecule has 20 heavy (non-hydrogen) atoms. The van der Waals surface area contributed by atoms with Gasteiger partial charge in [0.05, 0.1) is 0 Å². The fraction of sp³-hybridized carbons (Fsp3) is 0.588. The molecule has 0 aliphatic heterocycles. The van der Waals surface area contributed by atoms with E-state index in [4.69, 9.17) is 0 Å². The first-order valence-corrected chi connectivity index (χ1v) is 7.64. The summed E-state index contributed by atoms with van der Waals surface area (Å²) in [5.74, 6) is -0.772. The van der Waals surface area contributed by atoms with E-state index in [1.807, 2.05) is 32.0 Å². The van der Waals surface area contributed by atoms with Crippen molar-refractivity contribution in [2.75, 3.05) is 0 Å². The standard InChI is InChI=1S/C17H25NO2/c1-12-8-7-9-13(2)15(12)16(17(19)20)18-14-10-5-3-4-6-11-14/h7-9,14,16,18H,3-6,10-11H2,1-2H3,(H,19,20). The van der Waals surface area contributed by atoms with Crippen LogP contribution >= 0.6 is 0 Å². The monoisotopic (exact) mass is 275 g/mol. The summed E-state index contributed by atoms with van der Waals surface area (Å²) < 4.78 is 0. The smallest absolute Gasteiger partial charge is 0.325 e. The average Bonchev–Trinajstić information content (AvgIpc) is 2.65. The van der Waals surface area contributed by atoms with Crippen molar-refractivity contribution in [3.05, 3.63) is 34.9 Å². The fourth-order valence-electron chi connectivity index (χ4n) is 3.24. The number of hydrogen-bond donors (Lipinski definition) is 2. The van der Waals surface area contributed by atoms with Crippen LogP contribution in [0.25, 0.3) is 0 Å². The number of carbonyl (C=O) groups is 1. The molecule has 1 aliphatic rings. The van der Waals surface area contributed by atoms with E-state index < -0.39 is 12.0 Å². The van der Waals surface area contributed by atoms with Gasteiger partial charge in [0.25, 0.3) is 0 Å². The number of hydrogen-bond acceptors (Lipinski definition) is 2. The zero-order valence-electron chi connectivity index (χ0n) is 12.5. The molecule has 0 saturated heterocycles. The van der Waals surface area contributed by atoms with Crippen molar-refractivity contribution in [2.45, 2.75) is 64.5 Å². The largest absolute Gasteiger partial charge is 0.480 e. The Kier molecular flexibility index (Phi) is 5.18. The van der Waals surface area contributed by atoms with Crippen LogP contribution in [0.5, 0.6) is 0 Å². The number of nitrogens with one attached hydrogen (secondary N) is 1. The van der Waals surface area contributed by atoms with Gasteiger partial charge in [0, 0.05) is 6.04 Å². The molecule has 2 N–H and O–H groups in total. The van der Waals surface area contributed by atoms with Crippen molar-refractivity contribution in [1.82, 2.24) is 5.32 Å². The van der Waals surface area contributed by atoms with Crippen LogP contribution in [0, 0.1) is 13.8 Å². The SMILES string of the molecule is Cc1cccc(C)c1C(NC1CCCCCC1)C(=O)O. The molecule has 1 aromatic carbocycles. The number of aryl methyl sites for hydroxylation is 2. The van der Waals surface area contributed by atoms with E-state index in [1.54, 1.807) is 0 Å². The van der Waals surface area contributed by atoms with E-state index in [-0.39, 0.29) is 0 Å². The zero-order valence-corrected chi connectivity index (χ0v) is 12.5. The van der Waals surface area contributed by atoms with E-state index in [1.165, 1.54) is 25.7 Å². The maximum absolute atomic E-state index is 11.7. The van der Waals surface area contributed by atoms with Crippen LogP contribution in [0.2, 0.25) is 0 Å². The quantitative estimate of drug-likeness (QED) is 0.823. The van der Waals surface area contributed by atoms with Crippen molar-refractivity contribution >= 4 is 5.97 Å². The van der Waals surface area contributed by atoms with Gasteiger partial charge in [0.15, 0.2) is 0 Å². The number of rotatable bonds is 4. The molecule has 1 fully saturated rings. The van der Waals surface area contributed by atoms with Crippen molar-refractivity contribution in [3.63, 3.8) is 0 Å². The maximum Gasteiger partial charge on any atom is 0.325 e. The summed E-state index contributed by atoms with van der Waals surface area (Å²) in [5, 5.41) is 13.0. The first-order chi connectivity index (χ1) is 9.59. The van der Waals surface area contributed by atoms with Crippen LogP contribution in [-0.4, -0.2) is 17.1 Å². The minimum absolute atomic E-state index is 0.331. The Bertz CT molecular complexity index is 442. The van der Waals surface area contributed by atoms with Gasteiger partial charge in [0.2, 0.25) is 0 Å². The molecule has 0 spiro atoms. The first kappa shape index (κ1) is 15.0. The molecule has 1 saturated carbocycles. The summed E-state index contributed by atoms with van der Waals surface area (Å²) in [7, 11) is 0. The predicted molar refractivity (Wildman–Crippen MR) is 80.9 cm³/mol. The molecule has 0 aromatic heterocycles. The molecule has 3 nitrogen and oxygen atoms in total. The van der Waals surface area contributed by atoms with Crippen LogP contribution in [0.4, 0.5) is 0 Å². The van der Waals surface area contributed by atoms with Gasteiger partial charge < -0.3 is 5.11 Å². The topological polar surface area (TPSA) is 49.3 Å². The molecule has 0 bridgehead atoms. The molecular weight excluding hydrogens is 250 g/mol. The van der Waals surface area contributed by atoms with Crippen molar-refractivity contribution in [2.24, 2.45) is 0 Å². The zero-order chi connectivity index (χ0) is 14.5. The molecule has 1 unspecified atom stereocenters. The van der Waals surface area contributed by atoms with Crippen LogP contribution in [0.3, 0.4) is 0 Å². The lowest BCUT2D eigenvalue weighted by Crippen LogP contribution is -2.37. The Hall–Kier alpha value is -1.35. The Labute approximate surface area is 121 Å². The Balaban J connectivity index is 2.20. The van der Waals surface area contributed by atoms with Gasteiger partial charge in [-0.1, -0.05) is 43.9 Å². The van der Waals surface area contributed by atoms with E-state index in [9.17, 15) is 9.90 Å². The first-order valence-electron chi connectivity index (χ1n) is 7.64. The molecule has 0 heterocycles. The fourth-order valence-corrected chi connectivity index (χ4v) is 3.24. The highest BCUT2D eigenvalue weighted by Gasteiger charge is 2.26. The van der Waals surface area contributed by atoms with E-state index in [2.05, 4.69) is 5.32 Å². The van der Waals surface area contributed by atoms with Crippen LogP contribution < -0.4 is 5.32 Å². The number of benzene rings is 1. The third-order valence-electron chi connectivity index (χ3n) is 4.34. The molecule has 1 atom stereocenters. The van der Waals surface area contributed by atoms with Gasteiger partial charge in [-0.25, -0.2) is 0 Å². The third-order valence-corrected chi connectivity index (χ3v) is 4.34. The molecule has 1 aromatic rings. The summed E-state index contributed by atoms with van der Waals surface area (Å²) in [6.07, 6.45) is 7.15. The molecule has 0 radical (unpaired) electrons. The van der Waals surface area contributed by atoms with Gasteiger partial charge in [0.1, 0.15) is 6.04 Å². The minimum atomic E-state index is -0.772. The molecule has 2 rings (SSSR count). The number of carboxylic acids is 1. The van der Waals surface area contributed by atoms with E-state index in [0.717, 1.165) is 29.5 Å². The Morgan fingerprint density at radius 2 is 1.70 bits per heavy atom. The van der Waals surface area contributed by atoms with Crippen LogP contribution in [-0.2, 0) is 4.79 Å². The summed E-state index contributed by atoms with van der Waals surface area (Å²) in [5.41, 5.74) is 3.04. The average molecular weight is 275 g/mol. The normalized spacial score (nSPS) is 18.5. The van der Waals surface area contributed by atoms with Gasteiger partial charge in [-0.05, 0) is 43.4 Å². The van der Waals surface area contributed by atoms with E-state index in [0.29, 0.717) is 6.04 Å². The lowest BCUT2D eigenvalue weighted by Gasteiger charge is -2.25. The second-order valence-corrected chi connectivity index (χ2v) is 5.93. The molecule has 0 amide bonds. The maximum atomic E-state index is 11.7. The van der Waals surface area contributed by atoms with Crippen molar-refractivity contribution in [1.29, 1.82) is 0 Å². The highest BCUT2D eigenvalue weighted by molar-refractivity contribution is 5.76. The van der Waals surface area contributed by atoms with Gasteiger partial charge >= 0.3 is 5.97 Å².